The van der Waals surface area contributed by atoms with Gasteiger partial charge in [0, 0.05) is 24.9 Å². The monoisotopic (exact) mass is 250 g/mol. The van der Waals surface area contributed by atoms with E-state index in [0.29, 0.717) is 6.42 Å². The zero-order chi connectivity index (χ0) is 13.0. The van der Waals surface area contributed by atoms with Gasteiger partial charge in [0.25, 0.3) is 0 Å². The quantitative estimate of drug-likeness (QED) is 0.844. The molecule has 2 rings (SSSR count). The van der Waals surface area contributed by atoms with Gasteiger partial charge in [-0.2, -0.15) is 5.10 Å². The lowest BCUT2D eigenvalue weighted by Crippen LogP contribution is -2.44. The van der Waals surface area contributed by atoms with E-state index >= 15 is 0 Å². The molecule has 0 spiro atoms. The molecule has 1 fully saturated rings. The van der Waals surface area contributed by atoms with Gasteiger partial charge in [-0.05, 0) is 25.8 Å². The van der Waals surface area contributed by atoms with Gasteiger partial charge in [-0.15, -0.1) is 0 Å². The third kappa shape index (κ3) is 3.32. The van der Waals surface area contributed by atoms with Crippen molar-refractivity contribution in [2.75, 3.05) is 0 Å². The van der Waals surface area contributed by atoms with Crippen LogP contribution in [0.2, 0.25) is 0 Å². The summed E-state index contributed by atoms with van der Waals surface area (Å²) in [4.78, 5) is 11.8. The Morgan fingerprint density at radius 3 is 3.00 bits per heavy atom. The summed E-state index contributed by atoms with van der Waals surface area (Å²) in [6, 6.07) is 2.31. The van der Waals surface area contributed by atoms with E-state index < -0.39 is 0 Å². The van der Waals surface area contributed by atoms with Gasteiger partial charge in [-0.25, -0.2) is 0 Å². The number of hydrogen-bond donors (Lipinski definition) is 2. The summed E-state index contributed by atoms with van der Waals surface area (Å²) in [6.45, 7) is 1.85. The normalized spacial score (nSPS) is 25.7. The van der Waals surface area contributed by atoms with Gasteiger partial charge in [0.05, 0.1) is 12.1 Å². The summed E-state index contributed by atoms with van der Waals surface area (Å²) in [5, 5.41) is 7.41. The molecule has 100 valence electrons. The highest BCUT2D eigenvalue weighted by Gasteiger charge is 2.28. The summed E-state index contributed by atoms with van der Waals surface area (Å²) in [5.41, 5.74) is 5.65. The second kappa shape index (κ2) is 6.00. The van der Waals surface area contributed by atoms with Crippen LogP contribution in [0.25, 0.3) is 0 Å². The van der Waals surface area contributed by atoms with Crippen molar-refractivity contribution in [1.29, 1.82) is 0 Å². The number of rotatable bonds is 4. The van der Waals surface area contributed by atoms with Gasteiger partial charge < -0.3 is 11.1 Å². The van der Waals surface area contributed by atoms with Crippen molar-refractivity contribution in [2.45, 2.75) is 57.2 Å². The smallest absolute Gasteiger partial charge is 0.221 e. The molecule has 0 aromatic carbocycles. The SMILES string of the molecule is CC(N)CC(=O)NC1CCCCC1n1cccn1. The number of nitrogens with one attached hydrogen (secondary N) is 1. The summed E-state index contributed by atoms with van der Waals surface area (Å²) >= 11 is 0. The van der Waals surface area contributed by atoms with Crippen LogP contribution in [0.15, 0.2) is 18.5 Å². The Balaban J connectivity index is 1.98. The topological polar surface area (TPSA) is 72.9 Å². The number of nitrogens with zero attached hydrogens (tertiary/aromatic N) is 2. The molecule has 1 aliphatic rings. The van der Waals surface area contributed by atoms with Crippen LogP contribution in [0.4, 0.5) is 0 Å². The molecule has 0 aliphatic heterocycles. The second-order valence-electron chi connectivity index (χ2n) is 5.19. The molecular weight excluding hydrogens is 228 g/mol. The van der Waals surface area contributed by atoms with Crippen LogP contribution < -0.4 is 11.1 Å². The minimum atomic E-state index is -0.0863. The van der Waals surface area contributed by atoms with E-state index in [-0.39, 0.29) is 24.0 Å². The molecule has 0 radical (unpaired) electrons. The highest BCUT2D eigenvalue weighted by Crippen LogP contribution is 2.28. The maximum absolute atomic E-state index is 11.8. The Morgan fingerprint density at radius 2 is 2.33 bits per heavy atom. The predicted octanol–water partition coefficient (Wildman–Crippen LogP) is 1.22. The first-order valence-corrected chi connectivity index (χ1v) is 6.71. The highest BCUT2D eigenvalue weighted by atomic mass is 16.1. The Hall–Kier alpha value is -1.36. The standard InChI is InChI=1S/C13H22N4O/c1-10(14)9-13(18)16-11-5-2-3-6-12(11)17-8-4-7-15-17/h4,7-8,10-12H,2-3,5-6,9,14H2,1H3,(H,16,18). The van der Waals surface area contributed by atoms with Crippen molar-refractivity contribution >= 4 is 5.91 Å². The molecule has 3 N–H and O–H groups in total. The van der Waals surface area contributed by atoms with Crippen LogP contribution in [-0.2, 0) is 4.79 Å². The molecule has 5 heteroatoms. The zero-order valence-electron chi connectivity index (χ0n) is 10.9. The molecule has 1 aliphatic carbocycles. The maximum atomic E-state index is 11.8. The fourth-order valence-electron chi connectivity index (χ4n) is 2.63. The van der Waals surface area contributed by atoms with Crippen LogP contribution in [0.3, 0.4) is 0 Å². The largest absolute Gasteiger partial charge is 0.351 e. The van der Waals surface area contributed by atoms with E-state index in [0.717, 1.165) is 12.8 Å². The number of hydrogen-bond acceptors (Lipinski definition) is 3. The third-order valence-electron chi connectivity index (χ3n) is 3.45. The number of carbonyl (C=O) groups excluding carboxylic acids is 1. The van der Waals surface area contributed by atoms with Gasteiger partial charge in [-0.1, -0.05) is 12.8 Å². The molecule has 5 nitrogen and oxygen atoms in total. The minimum absolute atomic E-state index is 0.0501. The van der Waals surface area contributed by atoms with Crippen LogP contribution >= 0.6 is 0 Å². The van der Waals surface area contributed by atoms with Gasteiger partial charge >= 0.3 is 0 Å². The van der Waals surface area contributed by atoms with E-state index in [1.54, 1.807) is 6.20 Å². The van der Waals surface area contributed by atoms with Crippen LogP contribution in [0, 0.1) is 0 Å². The van der Waals surface area contributed by atoms with Gasteiger partial charge in [0.2, 0.25) is 5.91 Å². The van der Waals surface area contributed by atoms with Crippen LogP contribution in [-0.4, -0.2) is 27.8 Å². The Bertz CT molecular complexity index is 374. The molecule has 1 aromatic rings. The van der Waals surface area contributed by atoms with E-state index in [1.807, 2.05) is 23.9 Å². The van der Waals surface area contributed by atoms with E-state index in [4.69, 9.17) is 5.73 Å². The fraction of sp³-hybridized carbons (Fsp3) is 0.692. The summed E-state index contributed by atoms with van der Waals surface area (Å²) in [7, 11) is 0. The van der Waals surface area contributed by atoms with E-state index in [1.165, 1.54) is 12.8 Å². The minimum Gasteiger partial charge on any atom is -0.351 e. The average Bonchev–Trinajstić information content (AvgIpc) is 2.81. The Labute approximate surface area is 108 Å². The first-order chi connectivity index (χ1) is 8.66. The van der Waals surface area contributed by atoms with Crippen molar-refractivity contribution in [1.82, 2.24) is 15.1 Å². The van der Waals surface area contributed by atoms with E-state index in [9.17, 15) is 4.79 Å². The molecule has 1 aromatic heterocycles. The average molecular weight is 250 g/mol. The highest BCUT2D eigenvalue weighted by molar-refractivity contribution is 5.76. The lowest BCUT2D eigenvalue weighted by molar-refractivity contribution is -0.122. The first-order valence-electron chi connectivity index (χ1n) is 6.71. The molecule has 1 amide bonds. The van der Waals surface area contributed by atoms with Crippen LogP contribution in [0.1, 0.15) is 45.1 Å². The summed E-state index contributed by atoms with van der Waals surface area (Å²) < 4.78 is 1.97. The number of aromatic nitrogens is 2. The molecule has 3 unspecified atom stereocenters. The lowest BCUT2D eigenvalue weighted by Gasteiger charge is -2.32. The molecule has 0 bridgehead atoms. The number of nitrogens with two attached hydrogens (primary N) is 1. The molecule has 3 atom stereocenters. The van der Waals surface area contributed by atoms with Gasteiger partial charge in [0.1, 0.15) is 0 Å². The van der Waals surface area contributed by atoms with Crippen molar-refractivity contribution < 1.29 is 4.79 Å². The summed E-state index contributed by atoms with van der Waals surface area (Å²) in [6.07, 6.45) is 8.61. The van der Waals surface area contributed by atoms with E-state index in [2.05, 4.69) is 10.4 Å². The van der Waals surface area contributed by atoms with Gasteiger partial charge in [0.15, 0.2) is 0 Å². The van der Waals surface area contributed by atoms with Crippen molar-refractivity contribution in [3.8, 4) is 0 Å². The molecule has 1 heterocycles. The Kier molecular flexibility index (Phi) is 4.36. The Morgan fingerprint density at radius 1 is 1.56 bits per heavy atom. The fourth-order valence-corrected chi connectivity index (χ4v) is 2.63. The first kappa shape index (κ1) is 13.1. The molecular formula is C13H22N4O. The van der Waals surface area contributed by atoms with Crippen LogP contribution in [0.5, 0.6) is 0 Å². The number of amides is 1. The molecule has 1 saturated carbocycles. The van der Waals surface area contributed by atoms with Crippen molar-refractivity contribution in [2.24, 2.45) is 5.73 Å². The number of carbonyl (C=O) groups is 1. The van der Waals surface area contributed by atoms with Crippen molar-refractivity contribution in [3.63, 3.8) is 0 Å². The maximum Gasteiger partial charge on any atom is 0.221 e. The summed E-state index contributed by atoms with van der Waals surface area (Å²) in [5.74, 6) is 0.0501. The molecule has 0 saturated heterocycles. The lowest BCUT2D eigenvalue weighted by atomic mass is 9.90. The molecule has 18 heavy (non-hydrogen) atoms. The second-order valence-corrected chi connectivity index (χ2v) is 5.19. The van der Waals surface area contributed by atoms with Crippen molar-refractivity contribution in [3.05, 3.63) is 18.5 Å². The van der Waals surface area contributed by atoms with Gasteiger partial charge in [-0.3, -0.25) is 9.48 Å². The zero-order valence-corrected chi connectivity index (χ0v) is 10.9. The predicted molar refractivity (Wildman–Crippen MR) is 69.9 cm³/mol. The third-order valence-corrected chi connectivity index (χ3v) is 3.45.